The Bertz CT molecular complexity index is 476. The standard InChI is InChI=1S/C18H21N/c1-2-14-19(16-18-11-7-4-8-12-18)15-13-17-9-5-3-6-10-17/h2-12H,1,13-16H2. The number of rotatable bonds is 7. The summed E-state index contributed by atoms with van der Waals surface area (Å²) in [7, 11) is 0. The Morgan fingerprint density at radius 2 is 1.42 bits per heavy atom. The Balaban J connectivity index is 1.91. The molecule has 2 rings (SSSR count). The molecule has 0 amide bonds. The summed E-state index contributed by atoms with van der Waals surface area (Å²) in [5.74, 6) is 0. The van der Waals surface area contributed by atoms with E-state index in [1.807, 2.05) is 6.08 Å². The van der Waals surface area contributed by atoms with Gasteiger partial charge in [0.15, 0.2) is 0 Å². The topological polar surface area (TPSA) is 3.24 Å². The van der Waals surface area contributed by atoms with Gasteiger partial charge in [-0.25, -0.2) is 0 Å². The fourth-order valence-corrected chi connectivity index (χ4v) is 2.19. The summed E-state index contributed by atoms with van der Waals surface area (Å²) in [5, 5.41) is 0. The first-order chi connectivity index (χ1) is 9.38. The Hall–Kier alpha value is -1.86. The van der Waals surface area contributed by atoms with Crippen molar-refractivity contribution in [2.75, 3.05) is 13.1 Å². The maximum atomic E-state index is 3.86. The van der Waals surface area contributed by atoms with E-state index < -0.39 is 0 Å². The molecular weight excluding hydrogens is 230 g/mol. The molecule has 0 aliphatic carbocycles. The molecule has 2 aromatic carbocycles. The highest BCUT2D eigenvalue weighted by Gasteiger charge is 2.04. The van der Waals surface area contributed by atoms with Crippen LogP contribution in [0.3, 0.4) is 0 Å². The summed E-state index contributed by atoms with van der Waals surface area (Å²) < 4.78 is 0. The zero-order chi connectivity index (χ0) is 13.3. The zero-order valence-corrected chi connectivity index (χ0v) is 11.3. The van der Waals surface area contributed by atoms with Gasteiger partial charge in [-0.2, -0.15) is 0 Å². The van der Waals surface area contributed by atoms with Crippen LogP contribution in [0, 0.1) is 0 Å². The summed E-state index contributed by atoms with van der Waals surface area (Å²) in [6.45, 7) is 6.83. The summed E-state index contributed by atoms with van der Waals surface area (Å²) >= 11 is 0. The van der Waals surface area contributed by atoms with Crippen molar-refractivity contribution in [3.8, 4) is 0 Å². The minimum atomic E-state index is 0.932. The fourth-order valence-electron chi connectivity index (χ4n) is 2.19. The molecule has 0 aromatic heterocycles. The van der Waals surface area contributed by atoms with Crippen molar-refractivity contribution < 1.29 is 0 Å². The van der Waals surface area contributed by atoms with E-state index in [-0.39, 0.29) is 0 Å². The van der Waals surface area contributed by atoms with E-state index in [1.54, 1.807) is 0 Å². The Labute approximate surface area is 116 Å². The van der Waals surface area contributed by atoms with Crippen molar-refractivity contribution in [2.45, 2.75) is 13.0 Å². The molecule has 0 fully saturated rings. The van der Waals surface area contributed by atoms with E-state index in [2.05, 4.69) is 72.1 Å². The van der Waals surface area contributed by atoms with Gasteiger partial charge in [0.1, 0.15) is 0 Å². The second-order valence-corrected chi connectivity index (χ2v) is 4.74. The van der Waals surface area contributed by atoms with Crippen LogP contribution in [-0.2, 0) is 13.0 Å². The van der Waals surface area contributed by atoms with E-state index in [0.717, 1.165) is 26.1 Å². The normalized spacial score (nSPS) is 10.6. The van der Waals surface area contributed by atoms with E-state index in [1.165, 1.54) is 11.1 Å². The predicted octanol–water partition coefficient (Wildman–Crippen LogP) is 3.92. The quantitative estimate of drug-likeness (QED) is 0.674. The van der Waals surface area contributed by atoms with Crippen LogP contribution in [0.5, 0.6) is 0 Å². The fraction of sp³-hybridized carbons (Fsp3) is 0.222. The molecule has 98 valence electrons. The largest absolute Gasteiger partial charge is 0.295 e. The summed E-state index contributed by atoms with van der Waals surface area (Å²) in [6, 6.07) is 21.3. The highest BCUT2D eigenvalue weighted by Crippen LogP contribution is 2.07. The molecule has 0 atom stereocenters. The number of hydrogen-bond donors (Lipinski definition) is 0. The van der Waals surface area contributed by atoms with Crippen molar-refractivity contribution in [1.29, 1.82) is 0 Å². The van der Waals surface area contributed by atoms with Gasteiger partial charge in [-0.15, -0.1) is 6.58 Å². The zero-order valence-electron chi connectivity index (χ0n) is 11.3. The van der Waals surface area contributed by atoms with Crippen LogP contribution < -0.4 is 0 Å². The Morgan fingerprint density at radius 3 is 2.00 bits per heavy atom. The molecule has 0 aliphatic heterocycles. The van der Waals surface area contributed by atoms with Crippen LogP contribution in [-0.4, -0.2) is 18.0 Å². The monoisotopic (exact) mass is 251 g/mol. The van der Waals surface area contributed by atoms with Crippen LogP contribution in [0.15, 0.2) is 73.3 Å². The van der Waals surface area contributed by atoms with Gasteiger partial charge >= 0.3 is 0 Å². The SMILES string of the molecule is C=CCN(CCc1ccccc1)Cc1ccccc1. The lowest BCUT2D eigenvalue weighted by atomic mass is 10.1. The van der Waals surface area contributed by atoms with Crippen molar-refractivity contribution in [3.05, 3.63) is 84.4 Å². The highest BCUT2D eigenvalue weighted by molar-refractivity contribution is 5.16. The molecule has 0 bridgehead atoms. The molecule has 1 nitrogen and oxygen atoms in total. The first kappa shape index (κ1) is 13.6. The molecule has 2 aromatic rings. The average molecular weight is 251 g/mol. The number of hydrogen-bond acceptors (Lipinski definition) is 1. The van der Waals surface area contributed by atoms with Gasteiger partial charge in [0.25, 0.3) is 0 Å². The van der Waals surface area contributed by atoms with E-state index in [4.69, 9.17) is 0 Å². The van der Waals surface area contributed by atoms with E-state index >= 15 is 0 Å². The molecule has 1 heteroatoms. The highest BCUT2D eigenvalue weighted by atomic mass is 15.1. The van der Waals surface area contributed by atoms with Crippen LogP contribution >= 0.6 is 0 Å². The van der Waals surface area contributed by atoms with Gasteiger partial charge in [-0.1, -0.05) is 66.7 Å². The second kappa shape index (κ2) is 7.55. The number of nitrogens with zero attached hydrogens (tertiary/aromatic N) is 1. The third kappa shape index (κ3) is 4.72. The minimum Gasteiger partial charge on any atom is -0.295 e. The van der Waals surface area contributed by atoms with Crippen molar-refractivity contribution >= 4 is 0 Å². The smallest absolute Gasteiger partial charge is 0.0237 e. The van der Waals surface area contributed by atoms with Gasteiger partial charge in [0.05, 0.1) is 0 Å². The molecule has 0 radical (unpaired) electrons. The molecule has 19 heavy (non-hydrogen) atoms. The van der Waals surface area contributed by atoms with Crippen LogP contribution in [0.1, 0.15) is 11.1 Å². The summed E-state index contributed by atoms with van der Waals surface area (Å²) in [6.07, 6.45) is 3.06. The van der Waals surface area contributed by atoms with Gasteiger partial charge in [-0.3, -0.25) is 4.90 Å². The molecule has 0 saturated heterocycles. The van der Waals surface area contributed by atoms with Gasteiger partial charge in [0.2, 0.25) is 0 Å². The molecular formula is C18H21N. The first-order valence-electron chi connectivity index (χ1n) is 6.79. The van der Waals surface area contributed by atoms with Gasteiger partial charge in [0, 0.05) is 19.6 Å². The van der Waals surface area contributed by atoms with Crippen LogP contribution in [0.25, 0.3) is 0 Å². The van der Waals surface area contributed by atoms with Crippen molar-refractivity contribution in [2.24, 2.45) is 0 Å². The molecule has 0 saturated carbocycles. The third-order valence-corrected chi connectivity index (χ3v) is 3.20. The number of benzene rings is 2. The maximum absolute atomic E-state index is 3.86. The summed E-state index contributed by atoms with van der Waals surface area (Å²) in [4.78, 5) is 2.43. The molecule has 0 aliphatic rings. The van der Waals surface area contributed by atoms with E-state index in [9.17, 15) is 0 Å². The molecule has 0 heterocycles. The van der Waals surface area contributed by atoms with Gasteiger partial charge < -0.3 is 0 Å². The molecule has 0 unspecified atom stereocenters. The molecule has 0 N–H and O–H groups in total. The Kier molecular flexibility index (Phi) is 5.39. The van der Waals surface area contributed by atoms with Gasteiger partial charge in [-0.05, 0) is 17.5 Å². The van der Waals surface area contributed by atoms with Crippen molar-refractivity contribution in [3.63, 3.8) is 0 Å². The maximum Gasteiger partial charge on any atom is 0.0237 e. The lowest BCUT2D eigenvalue weighted by molar-refractivity contribution is 0.298. The average Bonchev–Trinajstić information content (AvgIpc) is 2.47. The van der Waals surface area contributed by atoms with Crippen LogP contribution in [0.4, 0.5) is 0 Å². The Morgan fingerprint density at radius 1 is 0.842 bits per heavy atom. The lowest BCUT2D eigenvalue weighted by Crippen LogP contribution is -2.25. The predicted molar refractivity (Wildman–Crippen MR) is 82.1 cm³/mol. The van der Waals surface area contributed by atoms with Crippen LogP contribution in [0.2, 0.25) is 0 Å². The minimum absolute atomic E-state index is 0.932. The van der Waals surface area contributed by atoms with E-state index in [0.29, 0.717) is 0 Å². The third-order valence-electron chi connectivity index (χ3n) is 3.20. The second-order valence-electron chi connectivity index (χ2n) is 4.74. The summed E-state index contributed by atoms with van der Waals surface area (Å²) in [5.41, 5.74) is 2.75. The molecule has 0 spiro atoms. The first-order valence-corrected chi connectivity index (χ1v) is 6.79. The van der Waals surface area contributed by atoms with Crippen molar-refractivity contribution in [1.82, 2.24) is 4.90 Å². The lowest BCUT2D eigenvalue weighted by Gasteiger charge is -2.20.